The number of methoxy groups -OCH3 is 1. The number of aliphatic carboxylic acids is 1. The van der Waals surface area contributed by atoms with Crippen LogP contribution in [0.1, 0.15) is 12.1 Å². The van der Waals surface area contributed by atoms with Crippen molar-refractivity contribution in [3.8, 4) is 0 Å². The minimum Gasteiger partial charge on any atom is -0.480 e. The summed E-state index contributed by atoms with van der Waals surface area (Å²) in [7, 11) is 1.53. The molecule has 106 valence electrons. The third-order valence-corrected chi connectivity index (χ3v) is 2.30. The van der Waals surface area contributed by atoms with E-state index >= 15 is 0 Å². The van der Waals surface area contributed by atoms with Gasteiger partial charge in [-0.1, -0.05) is 5.21 Å². The Kier molecular flexibility index (Phi) is 5.90. The largest absolute Gasteiger partial charge is 0.480 e. The second kappa shape index (κ2) is 7.44. The minimum absolute atomic E-state index is 0.152. The van der Waals surface area contributed by atoms with Gasteiger partial charge in [-0.25, -0.2) is 4.68 Å². The fourth-order valence-corrected chi connectivity index (χ4v) is 1.32. The molecular formula is C10H17N5O4. The van der Waals surface area contributed by atoms with Gasteiger partial charge in [0.15, 0.2) is 0 Å². The number of nitrogens with two attached hydrogens (primary N) is 1. The van der Waals surface area contributed by atoms with Gasteiger partial charge in [0.1, 0.15) is 12.2 Å². The van der Waals surface area contributed by atoms with Crippen LogP contribution in [0.2, 0.25) is 0 Å². The number of ether oxygens (including phenoxy) is 1. The first-order valence-corrected chi connectivity index (χ1v) is 5.66. The lowest BCUT2D eigenvalue weighted by Gasteiger charge is -2.10. The average molecular weight is 271 g/mol. The molecule has 0 radical (unpaired) electrons. The third kappa shape index (κ3) is 5.44. The van der Waals surface area contributed by atoms with E-state index in [-0.39, 0.29) is 19.0 Å². The van der Waals surface area contributed by atoms with Crippen LogP contribution in [0.25, 0.3) is 0 Å². The molecule has 0 aliphatic heterocycles. The van der Waals surface area contributed by atoms with Crippen molar-refractivity contribution in [2.75, 3.05) is 13.7 Å². The smallest absolute Gasteiger partial charge is 0.325 e. The minimum atomic E-state index is -1.01. The van der Waals surface area contributed by atoms with Crippen molar-refractivity contribution in [3.63, 3.8) is 0 Å². The Morgan fingerprint density at radius 2 is 2.37 bits per heavy atom. The van der Waals surface area contributed by atoms with E-state index in [9.17, 15) is 9.59 Å². The van der Waals surface area contributed by atoms with Crippen molar-refractivity contribution in [3.05, 3.63) is 11.9 Å². The first-order valence-electron chi connectivity index (χ1n) is 5.66. The molecule has 0 bridgehead atoms. The molecule has 4 N–H and O–H groups in total. The zero-order valence-electron chi connectivity index (χ0n) is 10.6. The van der Waals surface area contributed by atoms with Crippen LogP contribution < -0.4 is 11.1 Å². The molecule has 1 amide bonds. The Morgan fingerprint density at radius 3 is 3.00 bits per heavy atom. The lowest BCUT2D eigenvalue weighted by molar-refractivity contribution is -0.138. The number of carbonyl (C=O) groups is 2. The van der Waals surface area contributed by atoms with Crippen molar-refractivity contribution in [2.45, 2.75) is 25.6 Å². The molecule has 0 aliphatic rings. The van der Waals surface area contributed by atoms with Crippen molar-refractivity contribution in [1.29, 1.82) is 0 Å². The maximum absolute atomic E-state index is 11.6. The number of aromatic nitrogens is 3. The summed E-state index contributed by atoms with van der Waals surface area (Å²) in [5.41, 5.74) is 6.09. The molecule has 1 aromatic heterocycles. The quantitative estimate of drug-likeness (QED) is 0.515. The molecule has 0 aliphatic carbocycles. The molecule has 9 heteroatoms. The molecule has 9 nitrogen and oxygen atoms in total. The van der Waals surface area contributed by atoms with Crippen LogP contribution in [0.4, 0.5) is 0 Å². The van der Waals surface area contributed by atoms with Gasteiger partial charge in [-0.15, -0.1) is 5.10 Å². The van der Waals surface area contributed by atoms with Crippen LogP contribution in [0, 0.1) is 0 Å². The molecule has 1 heterocycles. The Balaban J connectivity index is 2.37. The lowest BCUT2D eigenvalue weighted by Crippen LogP contribution is -2.40. The molecule has 0 aromatic carbocycles. The number of hydrogen-bond donors (Lipinski definition) is 3. The Morgan fingerprint density at radius 1 is 1.63 bits per heavy atom. The zero-order valence-corrected chi connectivity index (χ0v) is 10.6. The molecule has 0 fully saturated rings. The number of rotatable bonds is 8. The van der Waals surface area contributed by atoms with Crippen LogP contribution in [0.3, 0.4) is 0 Å². The topological polar surface area (TPSA) is 132 Å². The highest BCUT2D eigenvalue weighted by Crippen LogP contribution is 1.94. The lowest BCUT2D eigenvalue weighted by atomic mass is 10.2. The first-order chi connectivity index (χ1) is 9.02. The summed E-state index contributed by atoms with van der Waals surface area (Å²) in [4.78, 5) is 22.0. The molecule has 1 atom stereocenters. The van der Waals surface area contributed by atoms with Gasteiger partial charge in [0.05, 0.1) is 18.8 Å². The van der Waals surface area contributed by atoms with Gasteiger partial charge in [0, 0.05) is 13.7 Å². The van der Waals surface area contributed by atoms with Gasteiger partial charge in [0.25, 0.3) is 0 Å². The van der Waals surface area contributed by atoms with Crippen molar-refractivity contribution < 1.29 is 19.4 Å². The van der Waals surface area contributed by atoms with E-state index in [4.69, 9.17) is 15.6 Å². The highest BCUT2D eigenvalue weighted by atomic mass is 16.5. The number of carbonyl (C=O) groups excluding carboxylic acids is 1. The van der Waals surface area contributed by atoms with Crippen LogP contribution in [0.5, 0.6) is 0 Å². The van der Waals surface area contributed by atoms with E-state index in [2.05, 4.69) is 15.6 Å². The highest BCUT2D eigenvalue weighted by Gasteiger charge is 2.13. The maximum Gasteiger partial charge on any atom is 0.325 e. The SMILES string of the molecule is COCCC(N)C(=O)NCc1cn(CC(=O)O)nn1. The predicted octanol–water partition coefficient (Wildman–Crippen LogP) is -1.66. The van der Waals surface area contributed by atoms with Gasteiger partial charge in [-0.05, 0) is 6.42 Å². The molecule has 1 aromatic rings. The Labute approximate surface area is 109 Å². The summed E-state index contributed by atoms with van der Waals surface area (Å²) in [6.07, 6.45) is 1.88. The van der Waals surface area contributed by atoms with Crippen LogP contribution in [-0.4, -0.2) is 51.7 Å². The van der Waals surface area contributed by atoms with Crippen molar-refractivity contribution >= 4 is 11.9 Å². The van der Waals surface area contributed by atoms with Gasteiger partial charge in [-0.2, -0.15) is 0 Å². The highest BCUT2D eigenvalue weighted by molar-refractivity contribution is 5.81. The Hall–Kier alpha value is -2.00. The molecule has 1 unspecified atom stereocenters. The first kappa shape index (κ1) is 15.1. The van der Waals surface area contributed by atoms with E-state index in [1.165, 1.54) is 18.0 Å². The molecule has 0 spiro atoms. The molecular weight excluding hydrogens is 254 g/mol. The van der Waals surface area contributed by atoms with Crippen LogP contribution in [0.15, 0.2) is 6.20 Å². The monoisotopic (exact) mass is 271 g/mol. The second-order valence-electron chi connectivity index (χ2n) is 3.91. The normalized spacial score (nSPS) is 12.1. The summed E-state index contributed by atoms with van der Waals surface area (Å²) in [5.74, 6) is -1.33. The second-order valence-corrected chi connectivity index (χ2v) is 3.91. The molecule has 19 heavy (non-hydrogen) atoms. The van der Waals surface area contributed by atoms with E-state index in [1.807, 2.05) is 0 Å². The molecule has 0 saturated heterocycles. The number of carboxylic acids is 1. The van der Waals surface area contributed by atoms with Crippen LogP contribution >= 0.6 is 0 Å². The number of nitrogens with zero attached hydrogens (tertiary/aromatic N) is 3. The summed E-state index contributed by atoms with van der Waals surface area (Å²) in [6.45, 7) is 0.289. The van der Waals surface area contributed by atoms with Crippen LogP contribution in [-0.2, 0) is 27.4 Å². The third-order valence-electron chi connectivity index (χ3n) is 2.30. The zero-order chi connectivity index (χ0) is 14.3. The van der Waals surface area contributed by atoms with Crippen molar-refractivity contribution in [1.82, 2.24) is 20.3 Å². The summed E-state index contributed by atoms with van der Waals surface area (Å²) >= 11 is 0. The standard InChI is InChI=1S/C10H17N5O4/c1-19-3-2-8(11)10(18)12-4-7-5-15(14-13-7)6-9(16)17/h5,8H,2-4,6,11H2,1H3,(H,12,18)(H,16,17). The van der Waals surface area contributed by atoms with Gasteiger partial charge < -0.3 is 20.9 Å². The van der Waals surface area contributed by atoms with E-state index in [1.54, 1.807) is 0 Å². The fraction of sp³-hybridized carbons (Fsp3) is 0.600. The summed E-state index contributed by atoms with van der Waals surface area (Å²) in [6, 6.07) is -0.644. The number of carboxylic acid groups (broad SMARTS) is 1. The Bertz CT molecular complexity index is 433. The van der Waals surface area contributed by atoms with Gasteiger partial charge in [-0.3, -0.25) is 9.59 Å². The summed E-state index contributed by atoms with van der Waals surface area (Å²) < 4.78 is 6.00. The number of hydrogen-bond acceptors (Lipinski definition) is 6. The van der Waals surface area contributed by atoms with Gasteiger partial charge in [0.2, 0.25) is 5.91 Å². The van der Waals surface area contributed by atoms with E-state index < -0.39 is 12.0 Å². The van der Waals surface area contributed by atoms with Gasteiger partial charge >= 0.3 is 5.97 Å². The predicted molar refractivity (Wildman–Crippen MR) is 64.0 cm³/mol. The number of nitrogens with one attached hydrogen (secondary N) is 1. The van der Waals surface area contributed by atoms with E-state index in [0.717, 1.165) is 0 Å². The van der Waals surface area contributed by atoms with Crippen molar-refractivity contribution in [2.24, 2.45) is 5.73 Å². The summed E-state index contributed by atoms with van der Waals surface area (Å²) in [5, 5.41) is 18.5. The molecule has 1 rings (SSSR count). The maximum atomic E-state index is 11.6. The molecule has 0 saturated carbocycles. The average Bonchev–Trinajstić information content (AvgIpc) is 2.79. The van der Waals surface area contributed by atoms with E-state index in [0.29, 0.717) is 18.7 Å². The number of amides is 1. The fourth-order valence-electron chi connectivity index (χ4n) is 1.32.